The van der Waals surface area contributed by atoms with Crippen molar-refractivity contribution in [1.29, 1.82) is 0 Å². The van der Waals surface area contributed by atoms with E-state index in [4.69, 9.17) is 0 Å². The van der Waals surface area contributed by atoms with Gasteiger partial charge < -0.3 is 0 Å². The molecule has 0 saturated carbocycles. The number of thioether (sulfide) groups is 1. The van der Waals surface area contributed by atoms with Gasteiger partial charge in [-0.05, 0) is 10.3 Å². The molecule has 0 aliphatic carbocycles. The van der Waals surface area contributed by atoms with Crippen molar-refractivity contribution < 1.29 is 4.79 Å². The van der Waals surface area contributed by atoms with E-state index in [1.165, 1.54) is 16.7 Å². The number of carbonyl (C=O) groups excluding carboxylic acids is 1. The molecule has 56 valence electrons. The Labute approximate surface area is 65.9 Å². The molecule has 0 aromatic carbocycles. The average Bonchev–Trinajstić information content (AvgIpc) is 2.11. The fourth-order valence-corrected chi connectivity index (χ4v) is 1.73. The lowest BCUT2D eigenvalue weighted by Gasteiger charge is -2.18. The predicted octanol–water partition coefficient (Wildman–Crippen LogP) is 2.58. The SMILES string of the molecule is CC(C)(C)C1=CCC(=O)S1. The van der Waals surface area contributed by atoms with Crippen molar-refractivity contribution >= 4 is 16.9 Å². The Balaban J connectivity index is 2.69. The van der Waals surface area contributed by atoms with Crippen LogP contribution in [0.25, 0.3) is 0 Å². The quantitative estimate of drug-likeness (QED) is 0.536. The Morgan fingerprint density at radius 3 is 2.30 bits per heavy atom. The van der Waals surface area contributed by atoms with Crippen molar-refractivity contribution in [2.75, 3.05) is 0 Å². The minimum Gasteiger partial charge on any atom is -0.287 e. The third kappa shape index (κ3) is 1.63. The molecule has 1 aliphatic rings. The number of hydrogen-bond acceptors (Lipinski definition) is 2. The second-order valence-corrected chi connectivity index (χ2v) is 4.60. The van der Waals surface area contributed by atoms with Gasteiger partial charge in [-0.2, -0.15) is 0 Å². The van der Waals surface area contributed by atoms with Gasteiger partial charge in [0.1, 0.15) is 0 Å². The molecule has 0 spiro atoms. The van der Waals surface area contributed by atoms with E-state index < -0.39 is 0 Å². The molecule has 0 aromatic rings. The smallest absolute Gasteiger partial charge is 0.197 e. The van der Waals surface area contributed by atoms with Crippen molar-refractivity contribution in [3.05, 3.63) is 11.0 Å². The van der Waals surface area contributed by atoms with Gasteiger partial charge in [0.05, 0.1) is 0 Å². The van der Waals surface area contributed by atoms with Crippen molar-refractivity contribution in [2.45, 2.75) is 27.2 Å². The van der Waals surface area contributed by atoms with Gasteiger partial charge in [0.2, 0.25) is 0 Å². The van der Waals surface area contributed by atoms with E-state index in [1.807, 2.05) is 6.08 Å². The van der Waals surface area contributed by atoms with Crippen molar-refractivity contribution in [3.8, 4) is 0 Å². The summed E-state index contributed by atoms with van der Waals surface area (Å²) in [6.07, 6.45) is 2.66. The van der Waals surface area contributed by atoms with Gasteiger partial charge >= 0.3 is 0 Å². The normalized spacial score (nSPS) is 19.5. The summed E-state index contributed by atoms with van der Waals surface area (Å²) < 4.78 is 0. The highest BCUT2D eigenvalue weighted by Gasteiger charge is 2.24. The summed E-state index contributed by atoms with van der Waals surface area (Å²) in [5.74, 6) is 0. The molecule has 0 amide bonds. The lowest BCUT2D eigenvalue weighted by atomic mass is 9.96. The molecule has 1 rings (SSSR count). The molecule has 0 aromatic heterocycles. The van der Waals surface area contributed by atoms with Crippen LogP contribution < -0.4 is 0 Å². The maximum Gasteiger partial charge on any atom is 0.197 e. The Hall–Kier alpha value is -0.240. The second-order valence-electron chi connectivity index (χ2n) is 3.50. The van der Waals surface area contributed by atoms with Crippen LogP contribution in [-0.2, 0) is 4.79 Å². The molecule has 0 saturated heterocycles. The largest absolute Gasteiger partial charge is 0.287 e. The molecule has 0 bridgehead atoms. The van der Waals surface area contributed by atoms with Gasteiger partial charge in [-0.1, -0.05) is 38.6 Å². The van der Waals surface area contributed by atoms with E-state index >= 15 is 0 Å². The van der Waals surface area contributed by atoms with Gasteiger partial charge in [0.25, 0.3) is 0 Å². The standard InChI is InChI=1S/C8H12OS/c1-8(2,3)6-4-5-7(9)10-6/h4H,5H2,1-3H3. The van der Waals surface area contributed by atoms with Gasteiger partial charge in [-0.25, -0.2) is 0 Å². The Kier molecular flexibility index (Phi) is 1.90. The highest BCUT2D eigenvalue weighted by atomic mass is 32.2. The number of carbonyl (C=O) groups is 1. The highest BCUT2D eigenvalue weighted by Crippen LogP contribution is 2.39. The summed E-state index contributed by atoms with van der Waals surface area (Å²) in [7, 11) is 0. The van der Waals surface area contributed by atoms with E-state index in [2.05, 4.69) is 20.8 Å². The van der Waals surface area contributed by atoms with Crippen molar-refractivity contribution in [1.82, 2.24) is 0 Å². The molecule has 1 nitrogen and oxygen atoms in total. The number of rotatable bonds is 0. The first kappa shape index (κ1) is 7.86. The van der Waals surface area contributed by atoms with Crippen molar-refractivity contribution in [3.63, 3.8) is 0 Å². The van der Waals surface area contributed by atoms with Crippen LogP contribution in [0.4, 0.5) is 0 Å². The van der Waals surface area contributed by atoms with E-state index in [-0.39, 0.29) is 10.5 Å². The van der Waals surface area contributed by atoms with Gasteiger partial charge in [-0.15, -0.1) is 0 Å². The zero-order valence-electron chi connectivity index (χ0n) is 6.60. The second kappa shape index (κ2) is 2.42. The average molecular weight is 156 g/mol. The van der Waals surface area contributed by atoms with Crippen LogP contribution in [0, 0.1) is 5.41 Å². The van der Waals surface area contributed by atoms with Crippen LogP contribution in [0.5, 0.6) is 0 Å². The zero-order valence-corrected chi connectivity index (χ0v) is 7.42. The minimum absolute atomic E-state index is 0.164. The zero-order chi connectivity index (χ0) is 7.78. The maximum absolute atomic E-state index is 10.8. The van der Waals surface area contributed by atoms with Crippen LogP contribution in [-0.4, -0.2) is 5.12 Å². The van der Waals surface area contributed by atoms with Crippen LogP contribution in [0.15, 0.2) is 11.0 Å². The van der Waals surface area contributed by atoms with Gasteiger partial charge in [0, 0.05) is 6.42 Å². The van der Waals surface area contributed by atoms with Crippen LogP contribution in [0.3, 0.4) is 0 Å². The molecule has 10 heavy (non-hydrogen) atoms. The maximum atomic E-state index is 10.8. The highest BCUT2D eigenvalue weighted by molar-refractivity contribution is 8.17. The molecule has 0 radical (unpaired) electrons. The lowest BCUT2D eigenvalue weighted by molar-refractivity contribution is -0.110. The monoisotopic (exact) mass is 156 g/mol. The molecule has 1 aliphatic heterocycles. The van der Waals surface area contributed by atoms with Crippen LogP contribution in [0.1, 0.15) is 27.2 Å². The molecule has 0 N–H and O–H groups in total. The van der Waals surface area contributed by atoms with Gasteiger partial charge in [0.15, 0.2) is 5.12 Å². The van der Waals surface area contributed by atoms with E-state index in [0.717, 1.165) is 0 Å². The van der Waals surface area contributed by atoms with Crippen molar-refractivity contribution in [2.24, 2.45) is 5.41 Å². The molecule has 0 unspecified atom stereocenters. The summed E-state index contributed by atoms with van der Waals surface area (Å²) in [4.78, 5) is 12.0. The fraction of sp³-hybridized carbons (Fsp3) is 0.625. The summed E-state index contributed by atoms with van der Waals surface area (Å²) >= 11 is 1.39. The Morgan fingerprint density at radius 1 is 1.50 bits per heavy atom. The predicted molar refractivity (Wildman–Crippen MR) is 44.8 cm³/mol. The third-order valence-electron chi connectivity index (χ3n) is 1.42. The third-order valence-corrected chi connectivity index (χ3v) is 2.81. The van der Waals surface area contributed by atoms with E-state index in [9.17, 15) is 4.79 Å². The molecule has 1 heterocycles. The molecule has 0 atom stereocenters. The molecular formula is C8H12OS. The molecule has 0 fully saturated rings. The first-order valence-corrected chi connectivity index (χ1v) is 4.23. The van der Waals surface area contributed by atoms with E-state index in [1.54, 1.807) is 0 Å². The topological polar surface area (TPSA) is 17.1 Å². The van der Waals surface area contributed by atoms with Crippen LogP contribution >= 0.6 is 11.8 Å². The first-order chi connectivity index (χ1) is 4.50. The summed E-state index contributed by atoms with van der Waals surface area (Å²) in [6.45, 7) is 6.39. The number of allylic oxidation sites excluding steroid dienone is 2. The number of hydrogen-bond donors (Lipinski definition) is 0. The molecular weight excluding hydrogens is 144 g/mol. The fourth-order valence-electron chi connectivity index (χ4n) is 0.841. The summed E-state index contributed by atoms with van der Waals surface area (Å²) in [6, 6.07) is 0. The van der Waals surface area contributed by atoms with E-state index in [0.29, 0.717) is 6.42 Å². The molecule has 2 heteroatoms. The minimum atomic E-state index is 0.164. The summed E-state index contributed by atoms with van der Waals surface area (Å²) in [5, 5.41) is 0.282. The lowest BCUT2D eigenvalue weighted by Crippen LogP contribution is -2.04. The first-order valence-electron chi connectivity index (χ1n) is 3.41. The Bertz CT molecular complexity index is 186. The Morgan fingerprint density at radius 2 is 2.10 bits per heavy atom. The van der Waals surface area contributed by atoms with Gasteiger partial charge in [-0.3, -0.25) is 4.79 Å². The summed E-state index contributed by atoms with van der Waals surface area (Å²) in [5.41, 5.74) is 0.164. The van der Waals surface area contributed by atoms with Crippen LogP contribution in [0.2, 0.25) is 0 Å².